The molecule has 15 heavy (non-hydrogen) atoms. The molecule has 0 spiro atoms. The van der Waals surface area contributed by atoms with Gasteiger partial charge in [-0.05, 0) is 18.6 Å². The van der Waals surface area contributed by atoms with E-state index < -0.39 is 0 Å². The first kappa shape index (κ1) is 9.88. The summed E-state index contributed by atoms with van der Waals surface area (Å²) in [6.45, 7) is 2.09. The van der Waals surface area contributed by atoms with Gasteiger partial charge in [-0.15, -0.1) is 11.3 Å². The molecule has 74 valence electrons. The van der Waals surface area contributed by atoms with Gasteiger partial charge >= 0.3 is 0 Å². The summed E-state index contributed by atoms with van der Waals surface area (Å²) >= 11 is 1.65. The molecule has 0 amide bonds. The van der Waals surface area contributed by atoms with Crippen LogP contribution >= 0.6 is 11.3 Å². The van der Waals surface area contributed by atoms with Gasteiger partial charge in [0.25, 0.3) is 0 Å². The molecule has 2 aromatic rings. The molecule has 0 saturated carbocycles. The van der Waals surface area contributed by atoms with Gasteiger partial charge in [0, 0.05) is 10.9 Å². The van der Waals surface area contributed by atoms with Crippen LogP contribution in [0.4, 0.5) is 0 Å². The molecule has 0 aliphatic carbocycles. The van der Waals surface area contributed by atoms with Crippen molar-refractivity contribution in [2.45, 2.75) is 13.3 Å². The fourth-order valence-corrected chi connectivity index (χ4v) is 2.20. The maximum Gasteiger partial charge on any atom is 0.123 e. The average molecular weight is 214 g/mol. The van der Waals surface area contributed by atoms with Crippen LogP contribution in [-0.2, 0) is 6.42 Å². The number of hydrogen-bond acceptors (Lipinski definition) is 3. The largest absolute Gasteiger partial charge is 0.241 e. The van der Waals surface area contributed by atoms with E-state index in [1.54, 1.807) is 11.3 Å². The highest BCUT2D eigenvalue weighted by Crippen LogP contribution is 2.23. The minimum atomic E-state index is 0.686. The summed E-state index contributed by atoms with van der Waals surface area (Å²) in [7, 11) is 0. The topological polar surface area (TPSA) is 36.7 Å². The normalized spacial score (nSPS) is 9.87. The zero-order valence-electron chi connectivity index (χ0n) is 8.40. The van der Waals surface area contributed by atoms with Gasteiger partial charge in [0.15, 0.2) is 0 Å². The van der Waals surface area contributed by atoms with Crippen LogP contribution in [0.3, 0.4) is 0 Å². The van der Waals surface area contributed by atoms with Crippen LogP contribution in [0, 0.1) is 11.3 Å². The maximum absolute atomic E-state index is 8.68. The van der Waals surface area contributed by atoms with Gasteiger partial charge in [0.2, 0.25) is 0 Å². The van der Waals surface area contributed by atoms with Crippen molar-refractivity contribution in [3.63, 3.8) is 0 Å². The summed E-state index contributed by atoms with van der Waals surface area (Å²) in [5.41, 5.74) is 2.89. The third kappa shape index (κ3) is 2.05. The van der Waals surface area contributed by atoms with Crippen molar-refractivity contribution in [3.8, 4) is 16.6 Å². The third-order valence-corrected chi connectivity index (χ3v) is 3.12. The number of aryl methyl sites for hydroxylation is 1. The van der Waals surface area contributed by atoms with E-state index >= 15 is 0 Å². The molecule has 3 heteroatoms. The summed E-state index contributed by atoms with van der Waals surface area (Å²) in [5.74, 6) is 0. The first-order valence-corrected chi connectivity index (χ1v) is 5.66. The van der Waals surface area contributed by atoms with E-state index in [1.165, 1.54) is 0 Å². The Balaban J connectivity index is 2.33. The van der Waals surface area contributed by atoms with Gasteiger partial charge in [0.05, 0.1) is 17.3 Å². The van der Waals surface area contributed by atoms with Crippen molar-refractivity contribution in [2.24, 2.45) is 0 Å². The average Bonchev–Trinajstić information content (AvgIpc) is 2.78. The highest BCUT2D eigenvalue weighted by atomic mass is 32.1. The molecule has 0 aliphatic heterocycles. The molecule has 0 N–H and O–H groups in total. The lowest BCUT2D eigenvalue weighted by atomic mass is 10.1. The fourth-order valence-electron chi connectivity index (χ4n) is 1.29. The van der Waals surface area contributed by atoms with Crippen LogP contribution in [-0.4, -0.2) is 4.98 Å². The number of rotatable bonds is 2. The Kier molecular flexibility index (Phi) is 2.79. The Labute approximate surface area is 92.8 Å². The Morgan fingerprint density at radius 3 is 2.60 bits per heavy atom. The number of nitriles is 1. The Hall–Kier alpha value is -1.66. The smallest absolute Gasteiger partial charge is 0.123 e. The third-order valence-electron chi connectivity index (χ3n) is 2.17. The molecule has 1 aromatic heterocycles. The van der Waals surface area contributed by atoms with E-state index in [0.29, 0.717) is 5.56 Å². The number of aromatic nitrogens is 1. The van der Waals surface area contributed by atoms with Crippen molar-refractivity contribution < 1.29 is 0 Å². The SMILES string of the molecule is CCc1csc(-c2ccc(C#N)cc2)n1. The molecule has 2 rings (SSSR count). The molecule has 0 bridgehead atoms. The second kappa shape index (κ2) is 4.24. The van der Waals surface area contributed by atoms with Crippen LogP contribution in [0.5, 0.6) is 0 Å². The van der Waals surface area contributed by atoms with Crippen LogP contribution in [0.25, 0.3) is 10.6 Å². The van der Waals surface area contributed by atoms with E-state index in [0.717, 1.165) is 22.7 Å². The number of thiazole rings is 1. The number of benzene rings is 1. The summed E-state index contributed by atoms with van der Waals surface area (Å²) < 4.78 is 0. The predicted octanol–water partition coefficient (Wildman–Crippen LogP) is 3.24. The van der Waals surface area contributed by atoms with E-state index in [9.17, 15) is 0 Å². The maximum atomic E-state index is 8.68. The summed E-state index contributed by atoms with van der Waals surface area (Å²) in [4.78, 5) is 4.49. The highest BCUT2D eigenvalue weighted by molar-refractivity contribution is 7.13. The van der Waals surface area contributed by atoms with Gasteiger partial charge in [-0.3, -0.25) is 0 Å². The molecule has 1 aromatic carbocycles. The van der Waals surface area contributed by atoms with Crippen LogP contribution in [0.2, 0.25) is 0 Å². The lowest BCUT2D eigenvalue weighted by Crippen LogP contribution is -1.81. The van der Waals surface area contributed by atoms with Crippen molar-refractivity contribution in [3.05, 3.63) is 40.9 Å². The molecule has 0 atom stereocenters. The summed E-state index contributed by atoms with van der Waals surface area (Å²) in [6.07, 6.45) is 0.965. The van der Waals surface area contributed by atoms with Gasteiger partial charge in [-0.25, -0.2) is 4.98 Å². The molecular weight excluding hydrogens is 204 g/mol. The van der Waals surface area contributed by atoms with E-state index in [-0.39, 0.29) is 0 Å². The zero-order valence-corrected chi connectivity index (χ0v) is 9.21. The fraction of sp³-hybridized carbons (Fsp3) is 0.167. The van der Waals surface area contributed by atoms with Crippen molar-refractivity contribution >= 4 is 11.3 Å². The highest BCUT2D eigenvalue weighted by Gasteiger charge is 2.03. The lowest BCUT2D eigenvalue weighted by Gasteiger charge is -1.95. The van der Waals surface area contributed by atoms with Crippen LogP contribution in [0.15, 0.2) is 29.6 Å². The van der Waals surface area contributed by atoms with E-state index in [2.05, 4.69) is 23.4 Å². The first-order chi connectivity index (χ1) is 7.33. The quantitative estimate of drug-likeness (QED) is 0.769. The van der Waals surface area contributed by atoms with Crippen molar-refractivity contribution in [1.29, 1.82) is 5.26 Å². The molecule has 0 unspecified atom stereocenters. The monoisotopic (exact) mass is 214 g/mol. The van der Waals surface area contributed by atoms with Gasteiger partial charge in [-0.1, -0.05) is 19.1 Å². The molecule has 2 nitrogen and oxygen atoms in total. The molecule has 0 aliphatic rings. The molecule has 0 saturated heterocycles. The minimum absolute atomic E-state index is 0.686. The van der Waals surface area contributed by atoms with Gasteiger partial charge in [-0.2, -0.15) is 5.26 Å². The van der Waals surface area contributed by atoms with E-state index in [1.807, 2.05) is 24.3 Å². The summed E-state index contributed by atoms with van der Waals surface area (Å²) in [6, 6.07) is 9.63. The van der Waals surface area contributed by atoms with Gasteiger partial charge in [0.1, 0.15) is 5.01 Å². The lowest BCUT2D eigenvalue weighted by molar-refractivity contribution is 1.07. The van der Waals surface area contributed by atoms with Crippen molar-refractivity contribution in [2.75, 3.05) is 0 Å². The minimum Gasteiger partial charge on any atom is -0.241 e. The predicted molar refractivity (Wildman–Crippen MR) is 61.6 cm³/mol. The second-order valence-corrected chi connectivity index (χ2v) is 4.04. The van der Waals surface area contributed by atoms with Gasteiger partial charge < -0.3 is 0 Å². The number of hydrogen-bond donors (Lipinski definition) is 0. The zero-order chi connectivity index (χ0) is 10.7. The first-order valence-electron chi connectivity index (χ1n) is 4.78. The molecular formula is C12H10N2S. The molecule has 1 heterocycles. The summed E-state index contributed by atoms with van der Waals surface area (Å²) in [5, 5.41) is 11.8. The Bertz CT molecular complexity index is 491. The second-order valence-electron chi connectivity index (χ2n) is 3.19. The Morgan fingerprint density at radius 1 is 1.33 bits per heavy atom. The van der Waals surface area contributed by atoms with Crippen LogP contribution < -0.4 is 0 Å². The molecule has 0 radical (unpaired) electrons. The standard InChI is InChI=1S/C12H10N2S/c1-2-11-8-15-12(14-11)10-5-3-9(7-13)4-6-10/h3-6,8H,2H2,1H3. The molecule has 0 fully saturated rings. The van der Waals surface area contributed by atoms with Crippen molar-refractivity contribution in [1.82, 2.24) is 4.98 Å². The van der Waals surface area contributed by atoms with E-state index in [4.69, 9.17) is 5.26 Å². The number of nitrogens with zero attached hydrogens (tertiary/aromatic N) is 2. The Morgan fingerprint density at radius 2 is 2.07 bits per heavy atom. The van der Waals surface area contributed by atoms with Crippen LogP contribution in [0.1, 0.15) is 18.2 Å².